The third-order valence-electron chi connectivity index (χ3n) is 3.41. The predicted molar refractivity (Wildman–Crippen MR) is 86.7 cm³/mol. The third-order valence-corrected chi connectivity index (χ3v) is 3.41. The molecule has 0 bridgehead atoms. The van der Waals surface area contributed by atoms with Crippen LogP contribution in [0.25, 0.3) is 6.08 Å². The van der Waals surface area contributed by atoms with Crippen LogP contribution in [0, 0.1) is 24.0 Å². The molecule has 2 aromatic carbocycles. The highest BCUT2D eigenvalue weighted by Crippen LogP contribution is 2.20. The second-order valence-corrected chi connectivity index (χ2v) is 4.89. The van der Waals surface area contributed by atoms with Crippen molar-refractivity contribution in [3.63, 3.8) is 0 Å². The van der Waals surface area contributed by atoms with E-state index in [4.69, 9.17) is 0 Å². The molecule has 1 N–H and O–H groups in total. The fourth-order valence-corrected chi connectivity index (χ4v) is 2.02. The van der Waals surface area contributed by atoms with Crippen molar-refractivity contribution in [1.82, 2.24) is 0 Å². The molecule has 0 unspecified atom stereocenters. The van der Waals surface area contributed by atoms with Crippen molar-refractivity contribution >= 4 is 23.4 Å². The van der Waals surface area contributed by atoms with Crippen molar-refractivity contribution < 1.29 is 9.72 Å². The summed E-state index contributed by atoms with van der Waals surface area (Å²) < 4.78 is 0. The molecule has 112 valence electrons. The Bertz CT molecular complexity index is 751. The van der Waals surface area contributed by atoms with Gasteiger partial charge in [0.1, 0.15) is 0 Å². The van der Waals surface area contributed by atoms with Crippen molar-refractivity contribution in [3.05, 3.63) is 75.3 Å². The van der Waals surface area contributed by atoms with E-state index in [9.17, 15) is 14.9 Å². The summed E-state index contributed by atoms with van der Waals surface area (Å²) in [5, 5.41) is 13.7. The van der Waals surface area contributed by atoms with Gasteiger partial charge in [-0.05, 0) is 43.2 Å². The lowest BCUT2D eigenvalue weighted by Crippen LogP contribution is -2.09. The van der Waals surface area contributed by atoms with Gasteiger partial charge in [0.2, 0.25) is 5.91 Å². The Labute approximate surface area is 128 Å². The lowest BCUT2D eigenvalue weighted by molar-refractivity contribution is -0.385. The number of aryl methyl sites for hydroxylation is 1. The highest BCUT2D eigenvalue weighted by atomic mass is 16.6. The van der Waals surface area contributed by atoms with Crippen LogP contribution in [0.3, 0.4) is 0 Å². The van der Waals surface area contributed by atoms with Gasteiger partial charge < -0.3 is 5.32 Å². The van der Waals surface area contributed by atoms with Crippen molar-refractivity contribution in [1.29, 1.82) is 0 Å². The largest absolute Gasteiger partial charge is 0.322 e. The van der Waals surface area contributed by atoms with E-state index in [0.717, 1.165) is 16.8 Å². The SMILES string of the molecule is Cc1cccc(NC(=O)/C=C/c2ccccc2[N+](=O)[O-])c1C. The molecule has 0 spiro atoms. The first-order valence-electron chi connectivity index (χ1n) is 6.77. The molecule has 0 atom stereocenters. The van der Waals surface area contributed by atoms with Crippen LogP contribution in [0.5, 0.6) is 0 Å². The fraction of sp³-hybridized carbons (Fsp3) is 0.118. The van der Waals surface area contributed by atoms with Crippen LogP contribution in [0.4, 0.5) is 11.4 Å². The standard InChI is InChI=1S/C17H16N2O3/c1-12-6-5-8-15(13(12)2)18-17(20)11-10-14-7-3-4-9-16(14)19(21)22/h3-11H,1-2H3,(H,18,20)/b11-10+. The molecule has 0 aliphatic heterocycles. The van der Waals surface area contributed by atoms with E-state index >= 15 is 0 Å². The summed E-state index contributed by atoms with van der Waals surface area (Å²) in [4.78, 5) is 22.4. The number of carbonyl (C=O) groups is 1. The molecule has 5 nitrogen and oxygen atoms in total. The number of hydrogen-bond acceptors (Lipinski definition) is 3. The molecule has 0 fully saturated rings. The summed E-state index contributed by atoms with van der Waals surface area (Å²) in [6, 6.07) is 11.9. The number of hydrogen-bond donors (Lipinski definition) is 1. The van der Waals surface area contributed by atoms with Gasteiger partial charge in [0.05, 0.1) is 10.5 Å². The molecule has 22 heavy (non-hydrogen) atoms. The Hall–Kier alpha value is -2.95. The Morgan fingerprint density at radius 3 is 2.59 bits per heavy atom. The van der Waals surface area contributed by atoms with E-state index in [1.807, 2.05) is 32.0 Å². The number of rotatable bonds is 4. The zero-order chi connectivity index (χ0) is 16.1. The first kappa shape index (κ1) is 15.4. The number of nitro benzene ring substituents is 1. The number of nitrogens with one attached hydrogen (secondary N) is 1. The van der Waals surface area contributed by atoms with E-state index in [1.165, 1.54) is 18.2 Å². The van der Waals surface area contributed by atoms with Crippen LogP contribution in [0.2, 0.25) is 0 Å². The summed E-state index contributed by atoms with van der Waals surface area (Å²) >= 11 is 0. The van der Waals surface area contributed by atoms with Crippen molar-refractivity contribution in [2.45, 2.75) is 13.8 Å². The molecule has 0 aliphatic carbocycles. The molecule has 0 heterocycles. The van der Waals surface area contributed by atoms with Gasteiger partial charge in [0, 0.05) is 17.8 Å². The number of benzene rings is 2. The lowest BCUT2D eigenvalue weighted by Gasteiger charge is -2.08. The van der Waals surface area contributed by atoms with Gasteiger partial charge in [-0.25, -0.2) is 0 Å². The van der Waals surface area contributed by atoms with Crippen LogP contribution >= 0.6 is 0 Å². The van der Waals surface area contributed by atoms with E-state index in [2.05, 4.69) is 5.32 Å². The molecule has 0 radical (unpaired) electrons. The van der Waals surface area contributed by atoms with Gasteiger partial charge in [0.25, 0.3) is 5.69 Å². The second-order valence-electron chi connectivity index (χ2n) is 4.89. The first-order chi connectivity index (χ1) is 10.5. The molecule has 0 aromatic heterocycles. The van der Waals surface area contributed by atoms with Gasteiger partial charge in [-0.3, -0.25) is 14.9 Å². The molecule has 0 saturated heterocycles. The topological polar surface area (TPSA) is 72.2 Å². The van der Waals surface area contributed by atoms with Crippen LogP contribution < -0.4 is 5.32 Å². The van der Waals surface area contributed by atoms with E-state index in [1.54, 1.807) is 18.2 Å². The van der Waals surface area contributed by atoms with Crippen LogP contribution in [0.1, 0.15) is 16.7 Å². The molecule has 5 heteroatoms. The first-order valence-corrected chi connectivity index (χ1v) is 6.77. The number of carbonyl (C=O) groups excluding carboxylic acids is 1. The molecular formula is C17H16N2O3. The fourth-order valence-electron chi connectivity index (χ4n) is 2.02. The summed E-state index contributed by atoms with van der Waals surface area (Å²) in [5.74, 6) is -0.327. The zero-order valence-corrected chi connectivity index (χ0v) is 12.4. The van der Waals surface area contributed by atoms with Gasteiger partial charge in [-0.1, -0.05) is 24.3 Å². The Morgan fingerprint density at radius 1 is 1.14 bits per heavy atom. The molecule has 0 saturated carbocycles. The summed E-state index contributed by atoms with van der Waals surface area (Å²) in [6.07, 6.45) is 2.74. The molecule has 1 amide bonds. The predicted octanol–water partition coefficient (Wildman–Crippen LogP) is 3.86. The normalized spacial score (nSPS) is 10.6. The summed E-state index contributed by atoms with van der Waals surface area (Å²) in [5.41, 5.74) is 3.18. The third kappa shape index (κ3) is 3.58. The van der Waals surface area contributed by atoms with Gasteiger partial charge >= 0.3 is 0 Å². The minimum Gasteiger partial charge on any atom is -0.322 e. The van der Waals surface area contributed by atoms with E-state index in [-0.39, 0.29) is 11.6 Å². The van der Waals surface area contributed by atoms with Gasteiger partial charge in [-0.2, -0.15) is 0 Å². The Morgan fingerprint density at radius 2 is 1.86 bits per heavy atom. The van der Waals surface area contributed by atoms with Crippen LogP contribution in [0.15, 0.2) is 48.5 Å². The number of amides is 1. The number of nitro groups is 1. The number of anilines is 1. The van der Waals surface area contributed by atoms with Crippen LogP contribution in [-0.2, 0) is 4.79 Å². The maximum atomic E-state index is 12.0. The summed E-state index contributed by atoms with van der Waals surface area (Å²) in [7, 11) is 0. The number of para-hydroxylation sites is 1. The van der Waals surface area contributed by atoms with Crippen LogP contribution in [-0.4, -0.2) is 10.8 Å². The minimum atomic E-state index is -0.470. The van der Waals surface area contributed by atoms with Crippen molar-refractivity contribution in [3.8, 4) is 0 Å². The monoisotopic (exact) mass is 296 g/mol. The highest BCUT2D eigenvalue weighted by Gasteiger charge is 2.10. The number of nitrogens with zero attached hydrogens (tertiary/aromatic N) is 1. The van der Waals surface area contributed by atoms with Crippen molar-refractivity contribution in [2.75, 3.05) is 5.32 Å². The highest BCUT2D eigenvalue weighted by molar-refractivity contribution is 6.02. The molecule has 2 aromatic rings. The van der Waals surface area contributed by atoms with E-state index in [0.29, 0.717) is 5.56 Å². The Balaban J connectivity index is 2.16. The van der Waals surface area contributed by atoms with Gasteiger partial charge in [-0.15, -0.1) is 0 Å². The van der Waals surface area contributed by atoms with Gasteiger partial charge in [0.15, 0.2) is 0 Å². The minimum absolute atomic E-state index is 0.0294. The molecular weight excluding hydrogens is 280 g/mol. The van der Waals surface area contributed by atoms with E-state index < -0.39 is 4.92 Å². The maximum Gasteiger partial charge on any atom is 0.276 e. The molecule has 2 rings (SSSR count). The lowest BCUT2D eigenvalue weighted by atomic mass is 10.1. The Kier molecular flexibility index (Phi) is 4.68. The average Bonchev–Trinajstić information content (AvgIpc) is 2.50. The molecule has 0 aliphatic rings. The second kappa shape index (κ2) is 6.67. The van der Waals surface area contributed by atoms with Crippen molar-refractivity contribution in [2.24, 2.45) is 0 Å². The zero-order valence-electron chi connectivity index (χ0n) is 12.4. The average molecular weight is 296 g/mol. The maximum absolute atomic E-state index is 12.0. The smallest absolute Gasteiger partial charge is 0.276 e. The quantitative estimate of drug-likeness (QED) is 0.529. The summed E-state index contributed by atoms with van der Waals surface area (Å²) in [6.45, 7) is 3.89.